The lowest BCUT2D eigenvalue weighted by atomic mass is 10.0. The van der Waals surface area contributed by atoms with Gasteiger partial charge in [0.25, 0.3) is 0 Å². The highest BCUT2D eigenvalue weighted by atomic mass is 15.2. The summed E-state index contributed by atoms with van der Waals surface area (Å²) in [6, 6.07) is 0.556. The minimum absolute atomic E-state index is 0.556. The number of aliphatic imine (C=N–C) groups is 1. The van der Waals surface area contributed by atoms with Gasteiger partial charge >= 0.3 is 0 Å². The van der Waals surface area contributed by atoms with Crippen molar-refractivity contribution in [2.75, 3.05) is 33.2 Å². The van der Waals surface area contributed by atoms with E-state index in [0.29, 0.717) is 6.04 Å². The third-order valence-electron chi connectivity index (χ3n) is 5.35. The standard InChI is InChI=1S/C19H36N4/c1-3-14-23-15-11-18(12-16-23)22-19(20-2)21-13-7-6-10-17-8-4-5-9-17/h3,17-18H,1,4-16H2,2H3,(H2,20,21,22). The summed E-state index contributed by atoms with van der Waals surface area (Å²) in [5.74, 6) is 2.00. The molecule has 1 heterocycles. The second-order valence-corrected chi connectivity index (χ2v) is 7.15. The Morgan fingerprint density at radius 1 is 1.17 bits per heavy atom. The molecule has 1 saturated heterocycles. The zero-order valence-electron chi connectivity index (χ0n) is 15.0. The van der Waals surface area contributed by atoms with Gasteiger partial charge in [0.1, 0.15) is 0 Å². The molecule has 1 aliphatic carbocycles. The van der Waals surface area contributed by atoms with Gasteiger partial charge in [-0.25, -0.2) is 0 Å². The summed E-state index contributed by atoms with van der Waals surface area (Å²) in [4.78, 5) is 6.84. The number of guanidine groups is 1. The maximum absolute atomic E-state index is 4.38. The molecule has 0 radical (unpaired) electrons. The molecule has 2 rings (SSSR count). The number of hydrogen-bond acceptors (Lipinski definition) is 2. The van der Waals surface area contributed by atoms with E-state index < -0.39 is 0 Å². The van der Waals surface area contributed by atoms with Crippen LogP contribution in [-0.4, -0.2) is 50.1 Å². The molecule has 0 aromatic carbocycles. The number of nitrogens with one attached hydrogen (secondary N) is 2. The highest BCUT2D eigenvalue weighted by Crippen LogP contribution is 2.28. The molecule has 4 heteroatoms. The van der Waals surface area contributed by atoms with Crippen LogP contribution in [0.5, 0.6) is 0 Å². The molecule has 2 aliphatic rings. The van der Waals surface area contributed by atoms with E-state index in [0.717, 1.165) is 38.1 Å². The van der Waals surface area contributed by atoms with Gasteiger partial charge in [0.05, 0.1) is 0 Å². The van der Waals surface area contributed by atoms with Crippen LogP contribution in [0.1, 0.15) is 57.8 Å². The van der Waals surface area contributed by atoms with Crippen molar-refractivity contribution in [3.05, 3.63) is 12.7 Å². The maximum atomic E-state index is 4.38. The molecule has 0 atom stereocenters. The molecular weight excluding hydrogens is 284 g/mol. The number of nitrogens with zero attached hydrogens (tertiary/aromatic N) is 2. The monoisotopic (exact) mass is 320 g/mol. The Hall–Kier alpha value is -1.03. The molecule has 132 valence electrons. The highest BCUT2D eigenvalue weighted by Gasteiger charge is 2.19. The van der Waals surface area contributed by atoms with Gasteiger partial charge in [-0.3, -0.25) is 9.89 Å². The van der Waals surface area contributed by atoms with Crippen LogP contribution >= 0.6 is 0 Å². The molecule has 0 aromatic heterocycles. The fraction of sp³-hybridized carbons (Fsp3) is 0.842. The lowest BCUT2D eigenvalue weighted by Crippen LogP contribution is -2.48. The average Bonchev–Trinajstić information content (AvgIpc) is 3.09. The second-order valence-electron chi connectivity index (χ2n) is 7.15. The van der Waals surface area contributed by atoms with E-state index in [2.05, 4.69) is 27.1 Å². The molecule has 0 spiro atoms. The molecule has 23 heavy (non-hydrogen) atoms. The van der Waals surface area contributed by atoms with Crippen LogP contribution in [0.2, 0.25) is 0 Å². The lowest BCUT2D eigenvalue weighted by molar-refractivity contribution is 0.225. The zero-order valence-corrected chi connectivity index (χ0v) is 15.0. The van der Waals surface area contributed by atoms with Gasteiger partial charge in [0.2, 0.25) is 0 Å². The molecular formula is C19H36N4. The largest absolute Gasteiger partial charge is 0.356 e. The van der Waals surface area contributed by atoms with Crippen molar-refractivity contribution < 1.29 is 0 Å². The van der Waals surface area contributed by atoms with Gasteiger partial charge in [-0.2, -0.15) is 0 Å². The SMILES string of the molecule is C=CCN1CCC(NC(=NC)NCCCCC2CCCC2)CC1. The first-order chi connectivity index (χ1) is 11.3. The van der Waals surface area contributed by atoms with Crippen LogP contribution in [0.4, 0.5) is 0 Å². The van der Waals surface area contributed by atoms with Crippen molar-refractivity contribution in [1.29, 1.82) is 0 Å². The predicted octanol–water partition coefficient (Wildman–Crippen LogP) is 3.16. The number of piperidine rings is 1. The topological polar surface area (TPSA) is 39.7 Å². The highest BCUT2D eigenvalue weighted by molar-refractivity contribution is 5.79. The lowest BCUT2D eigenvalue weighted by Gasteiger charge is -2.32. The third kappa shape index (κ3) is 6.94. The van der Waals surface area contributed by atoms with E-state index in [9.17, 15) is 0 Å². The Kier molecular flexibility index (Phi) is 8.51. The van der Waals surface area contributed by atoms with Crippen molar-refractivity contribution in [2.24, 2.45) is 10.9 Å². The quantitative estimate of drug-likeness (QED) is 0.312. The summed E-state index contributed by atoms with van der Waals surface area (Å²) in [5, 5.41) is 7.07. The van der Waals surface area contributed by atoms with Crippen molar-refractivity contribution in [1.82, 2.24) is 15.5 Å². The van der Waals surface area contributed by atoms with Crippen molar-refractivity contribution in [3.63, 3.8) is 0 Å². The summed E-state index contributed by atoms with van der Waals surface area (Å²) in [6.07, 6.45) is 14.3. The van der Waals surface area contributed by atoms with Crippen LogP contribution in [0.25, 0.3) is 0 Å². The summed E-state index contributed by atoms with van der Waals surface area (Å²) in [5.41, 5.74) is 0. The van der Waals surface area contributed by atoms with Crippen molar-refractivity contribution in [3.8, 4) is 0 Å². The van der Waals surface area contributed by atoms with E-state index in [4.69, 9.17) is 0 Å². The fourth-order valence-corrected chi connectivity index (χ4v) is 3.89. The van der Waals surface area contributed by atoms with Gasteiger partial charge in [-0.1, -0.05) is 44.6 Å². The Morgan fingerprint density at radius 3 is 2.57 bits per heavy atom. The fourth-order valence-electron chi connectivity index (χ4n) is 3.89. The normalized spacial score (nSPS) is 21.5. The molecule has 2 N–H and O–H groups in total. The van der Waals surface area contributed by atoms with Gasteiger partial charge in [-0.15, -0.1) is 6.58 Å². The van der Waals surface area contributed by atoms with E-state index in [-0.39, 0.29) is 0 Å². The summed E-state index contributed by atoms with van der Waals surface area (Å²) in [7, 11) is 1.88. The molecule has 0 unspecified atom stereocenters. The van der Waals surface area contributed by atoms with E-state index >= 15 is 0 Å². The van der Waals surface area contributed by atoms with Gasteiger partial charge in [-0.05, 0) is 25.2 Å². The number of rotatable bonds is 8. The van der Waals surface area contributed by atoms with Gasteiger partial charge in [0, 0.05) is 39.3 Å². The second kappa shape index (κ2) is 10.7. The summed E-state index contributed by atoms with van der Waals surface area (Å²) in [6.45, 7) is 8.19. The van der Waals surface area contributed by atoms with Gasteiger partial charge < -0.3 is 10.6 Å². The van der Waals surface area contributed by atoms with E-state index in [1.807, 2.05) is 13.1 Å². The minimum Gasteiger partial charge on any atom is -0.356 e. The first-order valence-corrected chi connectivity index (χ1v) is 9.62. The van der Waals surface area contributed by atoms with Crippen LogP contribution in [0, 0.1) is 5.92 Å². The molecule has 1 aliphatic heterocycles. The van der Waals surface area contributed by atoms with E-state index in [1.165, 1.54) is 57.8 Å². The van der Waals surface area contributed by atoms with Crippen molar-refractivity contribution in [2.45, 2.75) is 63.8 Å². The predicted molar refractivity (Wildman–Crippen MR) is 100.0 cm³/mol. The average molecular weight is 321 g/mol. The zero-order chi connectivity index (χ0) is 16.3. The molecule has 0 bridgehead atoms. The Balaban J connectivity index is 1.54. The minimum atomic E-state index is 0.556. The Morgan fingerprint density at radius 2 is 1.91 bits per heavy atom. The molecule has 4 nitrogen and oxygen atoms in total. The number of likely N-dealkylation sites (tertiary alicyclic amines) is 1. The van der Waals surface area contributed by atoms with E-state index in [1.54, 1.807) is 0 Å². The molecule has 2 fully saturated rings. The van der Waals surface area contributed by atoms with Crippen LogP contribution in [0.15, 0.2) is 17.6 Å². The molecule has 0 aromatic rings. The maximum Gasteiger partial charge on any atom is 0.191 e. The third-order valence-corrected chi connectivity index (χ3v) is 5.35. The first kappa shape index (κ1) is 18.3. The van der Waals surface area contributed by atoms with Crippen LogP contribution in [-0.2, 0) is 0 Å². The number of unbranched alkanes of at least 4 members (excludes halogenated alkanes) is 1. The smallest absolute Gasteiger partial charge is 0.191 e. The number of hydrogen-bond donors (Lipinski definition) is 2. The van der Waals surface area contributed by atoms with Crippen LogP contribution in [0.3, 0.4) is 0 Å². The Labute approximate surface area is 142 Å². The van der Waals surface area contributed by atoms with Crippen LogP contribution < -0.4 is 10.6 Å². The molecule has 1 saturated carbocycles. The first-order valence-electron chi connectivity index (χ1n) is 9.62. The summed E-state index contributed by atoms with van der Waals surface area (Å²) < 4.78 is 0. The van der Waals surface area contributed by atoms with Crippen molar-refractivity contribution >= 4 is 5.96 Å². The Bertz CT molecular complexity index is 352. The van der Waals surface area contributed by atoms with Gasteiger partial charge in [0.15, 0.2) is 5.96 Å². The summed E-state index contributed by atoms with van der Waals surface area (Å²) >= 11 is 0. The molecule has 0 amide bonds.